The molecule has 2 aromatic carbocycles. The molecule has 0 aliphatic heterocycles. The molecule has 1 heterocycles. The lowest BCUT2D eigenvalue weighted by atomic mass is 10.1. The highest BCUT2D eigenvalue weighted by molar-refractivity contribution is 6.29. The van der Waals surface area contributed by atoms with E-state index in [4.69, 9.17) is 11.6 Å². The molecule has 0 radical (unpaired) electrons. The predicted octanol–water partition coefficient (Wildman–Crippen LogP) is 4.72. The Kier molecular flexibility index (Phi) is 6.04. The summed E-state index contributed by atoms with van der Waals surface area (Å²) in [6, 6.07) is 17.2. The van der Waals surface area contributed by atoms with E-state index in [1.807, 2.05) is 62.4 Å². The number of nitrogens with zero attached hydrogens (tertiary/aromatic N) is 3. The molecule has 0 atom stereocenters. The number of hydrogen-bond donors (Lipinski definition) is 1. The van der Waals surface area contributed by atoms with Crippen LogP contribution >= 0.6 is 11.6 Å². The third-order valence-electron chi connectivity index (χ3n) is 4.18. The number of amides is 1. The van der Waals surface area contributed by atoms with Crippen LogP contribution in [0.4, 0.5) is 11.5 Å². The van der Waals surface area contributed by atoms with Crippen LogP contribution in [0.25, 0.3) is 0 Å². The summed E-state index contributed by atoms with van der Waals surface area (Å²) in [4.78, 5) is 22.6. The summed E-state index contributed by atoms with van der Waals surface area (Å²) in [5.74, 6) is 0.650. The minimum Gasteiger partial charge on any atom is -0.366 e. The van der Waals surface area contributed by atoms with Gasteiger partial charge in [-0.15, -0.1) is 0 Å². The number of aromatic nitrogens is 2. The minimum atomic E-state index is -0.00908. The standard InChI is InChI=1S/C21H21ClN4O/c1-3-26(18-6-4-5-15(2)11-18)21(27)17-9-7-16(8-10-17)13-23-20-12-19(22)24-14-25-20/h4-12,14H,3,13H2,1-2H3,(H,23,24,25). The Morgan fingerprint density at radius 3 is 2.56 bits per heavy atom. The van der Waals surface area contributed by atoms with Crippen LogP contribution in [0.3, 0.4) is 0 Å². The zero-order valence-electron chi connectivity index (χ0n) is 15.3. The molecule has 0 bridgehead atoms. The van der Waals surface area contributed by atoms with E-state index >= 15 is 0 Å². The molecule has 1 amide bonds. The van der Waals surface area contributed by atoms with E-state index < -0.39 is 0 Å². The molecule has 5 nitrogen and oxygen atoms in total. The Hall–Kier alpha value is -2.92. The normalized spacial score (nSPS) is 10.5. The Labute approximate surface area is 164 Å². The summed E-state index contributed by atoms with van der Waals surface area (Å²) < 4.78 is 0. The summed E-state index contributed by atoms with van der Waals surface area (Å²) >= 11 is 5.85. The second-order valence-corrected chi connectivity index (χ2v) is 6.55. The van der Waals surface area contributed by atoms with Gasteiger partial charge in [-0.25, -0.2) is 9.97 Å². The molecular weight excluding hydrogens is 360 g/mol. The molecule has 0 aliphatic rings. The van der Waals surface area contributed by atoms with E-state index in [2.05, 4.69) is 15.3 Å². The first-order valence-corrected chi connectivity index (χ1v) is 9.13. The van der Waals surface area contributed by atoms with Crippen molar-refractivity contribution in [1.82, 2.24) is 9.97 Å². The van der Waals surface area contributed by atoms with E-state index in [0.717, 1.165) is 16.8 Å². The van der Waals surface area contributed by atoms with Crippen LogP contribution < -0.4 is 10.2 Å². The van der Waals surface area contributed by atoms with Gasteiger partial charge in [0.1, 0.15) is 17.3 Å². The Bertz CT molecular complexity index is 927. The number of carbonyl (C=O) groups is 1. The molecule has 0 unspecified atom stereocenters. The third kappa shape index (κ3) is 4.83. The summed E-state index contributed by atoms with van der Waals surface area (Å²) in [7, 11) is 0. The van der Waals surface area contributed by atoms with Gasteiger partial charge in [-0.3, -0.25) is 4.79 Å². The van der Waals surface area contributed by atoms with Crippen molar-refractivity contribution in [1.29, 1.82) is 0 Å². The fourth-order valence-electron chi connectivity index (χ4n) is 2.78. The number of anilines is 2. The number of halogens is 1. The van der Waals surface area contributed by atoms with Crippen molar-refractivity contribution in [3.63, 3.8) is 0 Å². The number of rotatable bonds is 6. The second-order valence-electron chi connectivity index (χ2n) is 6.16. The van der Waals surface area contributed by atoms with Gasteiger partial charge in [0.2, 0.25) is 0 Å². The van der Waals surface area contributed by atoms with Gasteiger partial charge in [0.05, 0.1) is 0 Å². The number of aryl methyl sites for hydroxylation is 1. The smallest absolute Gasteiger partial charge is 0.258 e. The molecule has 27 heavy (non-hydrogen) atoms. The van der Waals surface area contributed by atoms with E-state index in [0.29, 0.717) is 29.6 Å². The number of nitrogens with one attached hydrogen (secondary N) is 1. The highest BCUT2D eigenvalue weighted by atomic mass is 35.5. The van der Waals surface area contributed by atoms with Gasteiger partial charge in [-0.05, 0) is 49.2 Å². The van der Waals surface area contributed by atoms with Crippen molar-refractivity contribution >= 4 is 29.0 Å². The largest absolute Gasteiger partial charge is 0.366 e. The van der Waals surface area contributed by atoms with Crippen molar-refractivity contribution in [2.24, 2.45) is 0 Å². The summed E-state index contributed by atoms with van der Waals surface area (Å²) in [6.45, 7) is 5.19. The maximum Gasteiger partial charge on any atom is 0.258 e. The van der Waals surface area contributed by atoms with Crippen LogP contribution in [0.15, 0.2) is 60.9 Å². The molecule has 1 aromatic heterocycles. The van der Waals surface area contributed by atoms with Crippen LogP contribution in [-0.4, -0.2) is 22.4 Å². The number of carbonyl (C=O) groups excluding carboxylic acids is 1. The van der Waals surface area contributed by atoms with Gasteiger partial charge in [-0.2, -0.15) is 0 Å². The van der Waals surface area contributed by atoms with Crippen LogP contribution in [0.1, 0.15) is 28.4 Å². The SMILES string of the molecule is CCN(C(=O)c1ccc(CNc2cc(Cl)ncn2)cc1)c1cccc(C)c1. The molecule has 3 aromatic rings. The van der Waals surface area contributed by atoms with Gasteiger partial charge >= 0.3 is 0 Å². The van der Waals surface area contributed by atoms with Crippen LogP contribution in [-0.2, 0) is 6.54 Å². The average Bonchev–Trinajstić information content (AvgIpc) is 2.67. The van der Waals surface area contributed by atoms with Crippen LogP contribution in [0.5, 0.6) is 0 Å². The van der Waals surface area contributed by atoms with Crippen LogP contribution in [0.2, 0.25) is 5.15 Å². The maximum absolute atomic E-state index is 12.9. The molecule has 0 saturated carbocycles. The molecule has 0 fully saturated rings. The fraction of sp³-hybridized carbons (Fsp3) is 0.190. The monoisotopic (exact) mass is 380 g/mol. The van der Waals surface area contributed by atoms with Crippen molar-refractivity contribution in [3.05, 3.63) is 82.8 Å². The van der Waals surface area contributed by atoms with E-state index in [9.17, 15) is 4.79 Å². The van der Waals surface area contributed by atoms with E-state index in [-0.39, 0.29) is 5.91 Å². The van der Waals surface area contributed by atoms with Crippen molar-refractivity contribution in [2.75, 3.05) is 16.8 Å². The van der Waals surface area contributed by atoms with Gasteiger partial charge in [0.15, 0.2) is 0 Å². The average molecular weight is 381 g/mol. The van der Waals surface area contributed by atoms with Gasteiger partial charge in [0, 0.05) is 30.4 Å². The lowest BCUT2D eigenvalue weighted by Crippen LogP contribution is -2.30. The Morgan fingerprint density at radius 1 is 1.11 bits per heavy atom. The maximum atomic E-state index is 12.9. The van der Waals surface area contributed by atoms with Gasteiger partial charge in [0.25, 0.3) is 5.91 Å². The summed E-state index contributed by atoms with van der Waals surface area (Å²) in [5.41, 5.74) is 3.74. The molecule has 0 saturated heterocycles. The molecule has 6 heteroatoms. The lowest BCUT2D eigenvalue weighted by Gasteiger charge is -2.21. The second kappa shape index (κ2) is 8.64. The Morgan fingerprint density at radius 2 is 1.89 bits per heavy atom. The molecular formula is C21H21ClN4O. The predicted molar refractivity (Wildman–Crippen MR) is 109 cm³/mol. The van der Waals surface area contributed by atoms with E-state index in [1.54, 1.807) is 11.0 Å². The molecule has 1 N–H and O–H groups in total. The van der Waals surface area contributed by atoms with Gasteiger partial charge < -0.3 is 10.2 Å². The van der Waals surface area contributed by atoms with Gasteiger partial charge in [-0.1, -0.05) is 35.9 Å². The first-order valence-electron chi connectivity index (χ1n) is 8.75. The van der Waals surface area contributed by atoms with Crippen molar-refractivity contribution in [3.8, 4) is 0 Å². The summed E-state index contributed by atoms with van der Waals surface area (Å²) in [6.07, 6.45) is 1.41. The number of benzene rings is 2. The van der Waals surface area contributed by atoms with Crippen molar-refractivity contribution in [2.45, 2.75) is 20.4 Å². The third-order valence-corrected chi connectivity index (χ3v) is 4.39. The summed E-state index contributed by atoms with van der Waals surface area (Å²) in [5, 5.41) is 3.58. The first kappa shape index (κ1) is 18.9. The first-order chi connectivity index (χ1) is 13.1. The zero-order chi connectivity index (χ0) is 19.2. The number of hydrogen-bond acceptors (Lipinski definition) is 4. The topological polar surface area (TPSA) is 58.1 Å². The highest BCUT2D eigenvalue weighted by Crippen LogP contribution is 2.19. The highest BCUT2D eigenvalue weighted by Gasteiger charge is 2.16. The quantitative estimate of drug-likeness (QED) is 0.629. The molecule has 0 spiro atoms. The van der Waals surface area contributed by atoms with Crippen LogP contribution in [0, 0.1) is 6.92 Å². The molecule has 3 rings (SSSR count). The zero-order valence-corrected chi connectivity index (χ0v) is 16.1. The molecule has 138 valence electrons. The Balaban J connectivity index is 1.69. The van der Waals surface area contributed by atoms with Crippen molar-refractivity contribution < 1.29 is 4.79 Å². The van der Waals surface area contributed by atoms with E-state index in [1.165, 1.54) is 6.33 Å². The lowest BCUT2D eigenvalue weighted by molar-refractivity contribution is 0.0988. The molecule has 0 aliphatic carbocycles. The fourth-order valence-corrected chi connectivity index (χ4v) is 2.93. The minimum absolute atomic E-state index is 0.00908.